The van der Waals surface area contributed by atoms with E-state index in [0.717, 1.165) is 0 Å². The molecule has 1 atom stereocenters. The molecular weight excluding hydrogens is 212 g/mol. The van der Waals surface area contributed by atoms with Gasteiger partial charge in [0.25, 0.3) is 0 Å². The summed E-state index contributed by atoms with van der Waals surface area (Å²) in [4.78, 5) is 11.9. The zero-order valence-corrected chi connectivity index (χ0v) is 9.75. The molecule has 2 nitrogen and oxygen atoms in total. The summed E-state index contributed by atoms with van der Waals surface area (Å²) in [6.07, 6.45) is 0.353. The molecule has 15 heavy (non-hydrogen) atoms. The van der Waals surface area contributed by atoms with Gasteiger partial charge >= 0.3 is 0 Å². The van der Waals surface area contributed by atoms with E-state index >= 15 is 0 Å². The number of benzene rings is 1. The van der Waals surface area contributed by atoms with E-state index in [1.54, 1.807) is 24.3 Å². The molecule has 0 aromatic heterocycles. The second-order valence-corrected chi connectivity index (χ2v) is 3.66. The fourth-order valence-corrected chi connectivity index (χ4v) is 1.51. The smallest absolute Gasteiger partial charge is 0.191 e. The Kier molecular flexibility index (Phi) is 4.79. The number of ketones is 1. The molecule has 1 aromatic rings. The van der Waals surface area contributed by atoms with E-state index in [4.69, 9.17) is 16.3 Å². The number of hydrogen-bond donors (Lipinski definition) is 0. The van der Waals surface area contributed by atoms with Crippen LogP contribution < -0.4 is 0 Å². The largest absolute Gasteiger partial charge is 0.370 e. The second kappa shape index (κ2) is 5.89. The van der Waals surface area contributed by atoms with E-state index in [9.17, 15) is 4.79 Å². The third kappa shape index (κ3) is 3.33. The van der Waals surface area contributed by atoms with Crippen LogP contribution in [0.3, 0.4) is 0 Å². The molecule has 1 aromatic carbocycles. The summed E-state index contributed by atoms with van der Waals surface area (Å²) >= 11 is 5.75. The molecule has 0 fully saturated rings. The van der Waals surface area contributed by atoms with Crippen LogP contribution in [0.5, 0.6) is 0 Å². The highest BCUT2D eigenvalue weighted by atomic mass is 35.5. The number of halogens is 1. The van der Waals surface area contributed by atoms with Gasteiger partial charge in [0.1, 0.15) is 6.10 Å². The summed E-state index contributed by atoms with van der Waals surface area (Å²) in [6, 6.07) is 6.89. The number of hydrogen-bond acceptors (Lipinski definition) is 2. The monoisotopic (exact) mass is 226 g/mol. The molecule has 3 heteroatoms. The van der Waals surface area contributed by atoms with Crippen molar-refractivity contribution in [1.82, 2.24) is 0 Å². The minimum atomic E-state index is -0.337. The van der Waals surface area contributed by atoms with Crippen molar-refractivity contribution in [2.75, 3.05) is 6.61 Å². The minimum absolute atomic E-state index is 0.0241. The van der Waals surface area contributed by atoms with Crippen LogP contribution in [0, 0.1) is 0 Å². The van der Waals surface area contributed by atoms with Gasteiger partial charge in [0.15, 0.2) is 5.78 Å². The van der Waals surface area contributed by atoms with Crippen LogP contribution in [0.1, 0.15) is 30.6 Å². The highest BCUT2D eigenvalue weighted by molar-refractivity contribution is 6.30. The van der Waals surface area contributed by atoms with Gasteiger partial charge in [-0.1, -0.05) is 18.5 Å². The fraction of sp³-hybridized carbons (Fsp3) is 0.417. The first kappa shape index (κ1) is 12.2. The maximum Gasteiger partial charge on any atom is 0.191 e. The average Bonchev–Trinajstić information content (AvgIpc) is 2.26. The van der Waals surface area contributed by atoms with E-state index in [1.165, 1.54) is 0 Å². The molecular formula is C12H15ClO2. The number of Topliss-reactive ketones (excluding diaryl/α,β-unsaturated/α-hetero) is 1. The van der Waals surface area contributed by atoms with Crippen molar-refractivity contribution in [3.05, 3.63) is 34.9 Å². The van der Waals surface area contributed by atoms with Gasteiger partial charge < -0.3 is 4.74 Å². The normalized spacial score (nSPS) is 12.5. The lowest BCUT2D eigenvalue weighted by Gasteiger charge is -2.13. The lowest BCUT2D eigenvalue weighted by molar-refractivity contribution is 0.0444. The van der Waals surface area contributed by atoms with Crippen molar-refractivity contribution in [3.8, 4) is 0 Å². The Morgan fingerprint density at radius 2 is 1.93 bits per heavy atom. The second-order valence-electron chi connectivity index (χ2n) is 3.22. The molecule has 0 bridgehead atoms. The minimum Gasteiger partial charge on any atom is -0.370 e. The first-order valence-electron chi connectivity index (χ1n) is 5.10. The van der Waals surface area contributed by atoms with Crippen LogP contribution in [-0.4, -0.2) is 18.5 Å². The third-order valence-corrected chi connectivity index (χ3v) is 2.41. The van der Waals surface area contributed by atoms with Crippen molar-refractivity contribution < 1.29 is 9.53 Å². The number of carbonyl (C=O) groups excluding carboxylic acids is 1. The predicted octanol–water partition coefficient (Wildman–Crippen LogP) is 3.34. The number of carbonyl (C=O) groups is 1. The maximum atomic E-state index is 11.9. The highest BCUT2D eigenvalue weighted by Gasteiger charge is 2.17. The zero-order chi connectivity index (χ0) is 11.3. The summed E-state index contributed by atoms with van der Waals surface area (Å²) < 4.78 is 5.36. The summed E-state index contributed by atoms with van der Waals surface area (Å²) in [6.45, 7) is 4.38. The van der Waals surface area contributed by atoms with Gasteiger partial charge in [-0.2, -0.15) is 0 Å². The van der Waals surface area contributed by atoms with Crippen LogP contribution in [0.25, 0.3) is 0 Å². The van der Waals surface area contributed by atoms with Gasteiger partial charge in [-0.15, -0.1) is 0 Å². The standard InChI is InChI=1S/C12H15ClO2/c1-3-11(15-4-2)12(14)9-5-7-10(13)8-6-9/h5-8,11H,3-4H2,1-2H3. The Balaban J connectivity index is 2.78. The lowest BCUT2D eigenvalue weighted by atomic mass is 10.0. The molecule has 0 amide bonds. The Bertz CT molecular complexity index is 319. The van der Waals surface area contributed by atoms with Crippen LogP contribution in [0.2, 0.25) is 5.02 Å². The van der Waals surface area contributed by atoms with Crippen LogP contribution >= 0.6 is 11.6 Å². The van der Waals surface area contributed by atoms with Gasteiger partial charge in [0.2, 0.25) is 0 Å². The molecule has 1 rings (SSSR count). The Morgan fingerprint density at radius 3 is 2.40 bits per heavy atom. The molecule has 82 valence electrons. The number of ether oxygens (including phenoxy) is 1. The lowest BCUT2D eigenvalue weighted by Crippen LogP contribution is -2.23. The molecule has 0 spiro atoms. The van der Waals surface area contributed by atoms with Gasteiger partial charge in [-0.3, -0.25) is 4.79 Å². The predicted molar refractivity (Wildman–Crippen MR) is 61.5 cm³/mol. The molecule has 0 radical (unpaired) electrons. The Labute approximate surface area is 95.2 Å². The molecule has 0 aliphatic heterocycles. The first-order chi connectivity index (χ1) is 7.19. The highest BCUT2D eigenvalue weighted by Crippen LogP contribution is 2.13. The van der Waals surface area contributed by atoms with Crippen molar-refractivity contribution in [3.63, 3.8) is 0 Å². The quantitative estimate of drug-likeness (QED) is 0.720. The Hall–Kier alpha value is -0.860. The Morgan fingerprint density at radius 1 is 1.33 bits per heavy atom. The van der Waals surface area contributed by atoms with Crippen molar-refractivity contribution in [1.29, 1.82) is 0 Å². The molecule has 0 saturated carbocycles. The van der Waals surface area contributed by atoms with Gasteiger partial charge in [-0.05, 0) is 37.6 Å². The fourth-order valence-electron chi connectivity index (χ4n) is 1.38. The maximum absolute atomic E-state index is 11.9. The van der Waals surface area contributed by atoms with E-state index in [0.29, 0.717) is 23.6 Å². The summed E-state index contributed by atoms with van der Waals surface area (Å²) in [5.41, 5.74) is 0.653. The zero-order valence-electron chi connectivity index (χ0n) is 9.00. The van der Waals surface area contributed by atoms with E-state index in [-0.39, 0.29) is 11.9 Å². The average molecular weight is 227 g/mol. The molecule has 0 N–H and O–H groups in total. The summed E-state index contributed by atoms with van der Waals surface area (Å²) in [5.74, 6) is 0.0241. The van der Waals surface area contributed by atoms with Crippen molar-refractivity contribution in [2.45, 2.75) is 26.4 Å². The van der Waals surface area contributed by atoms with Crippen molar-refractivity contribution in [2.24, 2.45) is 0 Å². The molecule has 0 aliphatic carbocycles. The molecule has 1 unspecified atom stereocenters. The van der Waals surface area contributed by atoms with Gasteiger partial charge in [0, 0.05) is 17.2 Å². The molecule has 0 heterocycles. The van der Waals surface area contributed by atoms with E-state index in [2.05, 4.69) is 0 Å². The third-order valence-electron chi connectivity index (χ3n) is 2.16. The molecule has 0 aliphatic rings. The molecule has 0 saturated heterocycles. The van der Waals surface area contributed by atoms with Crippen LogP contribution in [-0.2, 0) is 4.74 Å². The van der Waals surface area contributed by atoms with Gasteiger partial charge in [0.05, 0.1) is 0 Å². The topological polar surface area (TPSA) is 26.3 Å². The summed E-state index contributed by atoms with van der Waals surface area (Å²) in [7, 11) is 0. The van der Waals surface area contributed by atoms with Crippen LogP contribution in [0.4, 0.5) is 0 Å². The SMILES string of the molecule is CCOC(CC)C(=O)c1ccc(Cl)cc1. The van der Waals surface area contributed by atoms with Crippen molar-refractivity contribution >= 4 is 17.4 Å². The summed E-state index contributed by atoms with van der Waals surface area (Å²) in [5, 5.41) is 0.635. The van der Waals surface area contributed by atoms with E-state index in [1.807, 2.05) is 13.8 Å². The first-order valence-corrected chi connectivity index (χ1v) is 5.48. The van der Waals surface area contributed by atoms with Gasteiger partial charge in [-0.25, -0.2) is 0 Å². The number of rotatable bonds is 5. The van der Waals surface area contributed by atoms with E-state index < -0.39 is 0 Å². The van der Waals surface area contributed by atoms with Crippen LogP contribution in [0.15, 0.2) is 24.3 Å².